The van der Waals surface area contributed by atoms with E-state index in [-0.39, 0.29) is 34.1 Å². The van der Waals surface area contributed by atoms with Crippen LogP contribution >= 0.6 is 0 Å². The summed E-state index contributed by atoms with van der Waals surface area (Å²) >= 11 is 0.0834. The Morgan fingerprint density at radius 3 is 2.47 bits per heavy atom. The number of carbonyl (C=O) groups is 1. The van der Waals surface area contributed by atoms with Crippen LogP contribution in [0, 0.1) is 5.92 Å². The Hall–Kier alpha value is -0.140. The zero-order valence-electron chi connectivity index (χ0n) is 12.9. The predicted octanol–water partition coefficient (Wildman–Crippen LogP) is -0.897. The fourth-order valence-electron chi connectivity index (χ4n) is 1.66. The maximum atomic E-state index is 11.1. The molecule has 0 spiro atoms. The van der Waals surface area contributed by atoms with Crippen LogP contribution in [0.1, 0.15) is 27.7 Å². The second-order valence-corrected chi connectivity index (χ2v) is 7.23. The number of rotatable bonds is 9. The molecule has 1 atom stereocenters. The summed E-state index contributed by atoms with van der Waals surface area (Å²) < 4.78 is 12.6. The first-order valence-corrected chi connectivity index (χ1v) is 9.67. The summed E-state index contributed by atoms with van der Waals surface area (Å²) in [7, 11) is 2.17. The molecule has 0 aliphatic rings. The van der Waals surface area contributed by atoms with Gasteiger partial charge in [-0.05, 0) is 0 Å². The Labute approximate surface area is 128 Å². The van der Waals surface area contributed by atoms with Crippen LogP contribution in [0.5, 0.6) is 0 Å². The van der Waals surface area contributed by atoms with Crippen molar-refractivity contribution >= 4 is 5.97 Å². The van der Waals surface area contributed by atoms with Gasteiger partial charge >= 0.3 is 128 Å². The Morgan fingerprint density at radius 2 is 2.00 bits per heavy atom. The topological polar surface area (TPSA) is 38.8 Å². The molecule has 0 amide bonds. The standard InChI is InChI=1S/C14H27INO3/c1-7-19-14(17)10-18-9-12(4)8-13(11(2)3)16(6)15-5/h8,11,13H,7,9-10H2,1-6H3/q-1/b12-8+/t13-/m0/s1. The van der Waals surface area contributed by atoms with E-state index in [1.165, 1.54) is 0 Å². The van der Waals surface area contributed by atoms with Crippen LogP contribution in [-0.2, 0) is 14.3 Å². The molecule has 0 aromatic heterocycles. The average molecular weight is 384 g/mol. The molecule has 0 aliphatic heterocycles. The van der Waals surface area contributed by atoms with E-state index in [4.69, 9.17) is 9.47 Å². The quantitative estimate of drug-likeness (QED) is 0.170. The van der Waals surface area contributed by atoms with Gasteiger partial charge in [0, 0.05) is 0 Å². The third-order valence-electron chi connectivity index (χ3n) is 2.67. The van der Waals surface area contributed by atoms with Gasteiger partial charge in [0.15, 0.2) is 0 Å². The Kier molecular flexibility index (Phi) is 10.5. The molecule has 0 N–H and O–H groups in total. The molecule has 4 nitrogen and oxygen atoms in total. The first-order chi connectivity index (χ1) is 8.92. The Bertz CT molecular complexity index is 292. The number of nitrogens with zero attached hydrogens (tertiary/aromatic N) is 1. The molecule has 0 saturated carbocycles. The molecule has 0 aromatic rings. The second-order valence-electron chi connectivity index (χ2n) is 4.74. The summed E-state index contributed by atoms with van der Waals surface area (Å²) in [5.74, 6) is 0.275. The molecule has 0 aromatic carbocycles. The first-order valence-electron chi connectivity index (χ1n) is 6.55. The SMILES string of the molecule is CCOC(=O)COC/C(C)=C/[C@@H](C(C)C)N(C)[I-]C. The van der Waals surface area contributed by atoms with Crippen molar-refractivity contribution in [1.82, 2.24) is 3.11 Å². The number of likely N-dealkylation sites (N-methyl/N-ethyl adjacent to an activating group) is 1. The third kappa shape index (κ3) is 8.60. The average Bonchev–Trinajstić information content (AvgIpc) is 2.35. The molecular weight excluding hydrogens is 357 g/mol. The van der Waals surface area contributed by atoms with Crippen LogP contribution in [0.15, 0.2) is 11.6 Å². The van der Waals surface area contributed by atoms with Gasteiger partial charge in [-0.3, -0.25) is 0 Å². The van der Waals surface area contributed by atoms with Gasteiger partial charge in [-0.2, -0.15) is 0 Å². The fourth-order valence-corrected chi connectivity index (χ4v) is 3.10. The summed E-state index contributed by atoms with van der Waals surface area (Å²) in [6.45, 7) is 9.20. The van der Waals surface area contributed by atoms with Crippen molar-refractivity contribution in [2.75, 3.05) is 31.8 Å². The van der Waals surface area contributed by atoms with Gasteiger partial charge in [-0.1, -0.05) is 0 Å². The van der Waals surface area contributed by atoms with Crippen LogP contribution < -0.4 is 21.5 Å². The molecule has 0 heterocycles. The summed E-state index contributed by atoms with van der Waals surface area (Å²) in [5.41, 5.74) is 1.16. The number of halogens is 1. The van der Waals surface area contributed by atoms with E-state index in [0.29, 0.717) is 25.2 Å². The number of esters is 1. The molecule has 0 bridgehead atoms. The molecule has 0 rings (SSSR count). The first kappa shape index (κ1) is 18.9. The van der Waals surface area contributed by atoms with Crippen molar-refractivity contribution in [2.45, 2.75) is 33.7 Å². The second kappa shape index (κ2) is 10.6. The van der Waals surface area contributed by atoms with E-state index >= 15 is 0 Å². The van der Waals surface area contributed by atoms with E-state index in [1.807, 2.05) is 6.92 Å². The maximum absolute atomic E-state index is 11.1. The van der Waals surface area contributed by atoms with Crippen LogP contribution in [0.25, 0.3) is 0 Å². The fraction of sp³-hybridized carbons (Fsp3) is 0.786. The minimum absolute atomic E-state index is 0.0297. The third-order valence-corrected chi connectivity index (χ3v) is 4.84. The zero-order chi connectivity index (χ0) is 14.8. The van der Waals surface area contributed by atoms with Gasteiger partial charge in [0.2, 0.25) is 0 Å². The predicted molar refractivity (Wildman–Crippen MR) is 73.5 cm³/mol. The molecular formula is C14H27INO3-. The van der Waals surface area contributed by atoms with Crippen LogP contribution in [0.2, 0.25) is 0 Å². The molecule has 0 radical (unpaired) electrons. The van der Waals surface area contributed by atoms with E-state index in [1.54, 1.807) is 6.92 Å². The number of carbonyl (C=O) groups excluding carboxylic acids is 1. The van der Waals surface area contributed by atoms with Crippen molar-refractivity contribution in [3.05, 3.63) is 11.6 Å². The van der Waals surface area contributed by atoms with E-state index in [2.05, 4.69) is 35.0 Å². The molecule has 0 unspecified atom stereocenters. The van der Waals surface area contributed by atoms with Crippen molar-refractivity contribution in [3.63, 3.8) is 0 Å². The molecule has 0 saturated heterocycles. The summed E-state index contributed by atoms with van der Waals surface area (Å²) in [6.07, 6.45) is 2.25. The van der Waals surface area contributed by atoms with Gasteiger partial charge in [-0.15, -0.1) is 0 Å². The van der Waals surface area contributed by atoms with Crippen LogP contribution in [0.3, 0.4) is 0 Å². The van der Waals surface area contributed by atoms with Gasteiger partial charge < -0.3 is 0 Å². The number of hydrogen-bond acceptors (Lipinski definition) is 4. The van der Waals surface area contributed by atoms with Crippen molar-refractivity contribution in [3.8, 4) is 0 Å². The summed E-state index contributed by atoms with van der Waals surface area (Å²) in [6, 6.07) is 0.448. The van der Waals surface area contributed by atoms with Crippen LogP contribution in [-0.4, -0.2) is 46.9 Å². The van der Waals surface area contributed by atoms with E-state index in [9.17, 15) is 4.79 Å². The molecule has 114 valence electrons. The van der Waals surface area contributed by atoms with Crippen molar-refractivity contribution < 1.29 is 35.7 Å². The number of ether oxygens (including phenoxy) is 2. The summed E-state index contributed by atoms with van der Waals surface area (Å²) in [5, 5.41) is 0. The van der Waals surface area contributed by atoms with Crippen molar-refractivity contribution in [1.29, 1.82) is 0 Å². The molecule has 5 heteroatoms. The number of alkyl halides is 1. The van der Waals surface area contributed by atoms with E-state index in [0.717, 1.165) is 5.57 Å². The molecule has 19 heavy (non-hydrogen) atoms. The van der Waals surface area contributed by atoms with Gasteiger partial charge in [0.25, 0.3) is 0 Å². The zero-order valence-corrected chi connectivity index (χ0v) is 15.1. The number of hydrogen-bond donors (Lipinski definition) is 0. The van der Waals surface area contributed by atoms with Gasteiger partial charge in [-0.25, -0.2) is 0 Å². The normalized spacial score (nSPS) is 14.2. The Balaban J connectivity index is 4.25. The Morgan fingerprint density at radius 1 is 1.37 bits per heavy atom. The summed E-state index contributed by atoms with van der Waals surface area (Å²) in [4.78, 5) is 13.4. The minimum atomic E-state index is -0.299. The van der Waals surface area contributed by atoms with Gasteiger partial charge in [0.1, 0.15) is 0 Å². The van der Waals surface area contributed by atoms with Crippen LogP contribution in [0.4, 0.5) is 0 Å². The van der Waals surface area contributed by atoms with Gasteiger partial charge in [0.05, 0.1) is 0 Å². The van der Waals surface area contributed by atoms with Crippen molar-refractivity contribution in [2.24, 2.45) is 5.92 Å². The monoisotopic (exact) mass is 384 g/mol. The molecule has 0 aliphatic carbocycles. The van der Waals surface area contributed by atoms with E-state index < -0.39 is 0 Å². The molecule has 0 fully saturated rings.